The second-order valence-corrected chi connectivity index (χ2v) is 9.79. The highest BCUT2D eigenvalue weighted by Crippen LogP contribution is 2.31. The van der Waals surface area contributed by atoms with Crippen LogP contribution in [0.25, 0.3) is 22.2 Å². The number of hydrogen-bond acceptors (Lipinski definition) is 3. The molecule has 4 aromatic rings. The van der Waals surface area contributed by atoms with E-state index < -0.39 is 0 Å². The topological polar surface area (TPSA) is 43.1 Å². The van der Waals surface area contributed by atoms with Crippen molar-refractivity contribution in [3.05, 3.63) is 76.6 Å². The number of likely N-dealkylation sites (N-methyl/N-ethyl adjacent to an activating group) is 1. The number of fused-ring (bicyclic) bond motifs is 1. The molecule has 2 heterocycles. The summed E-state index contributed by atoms with van der Waals surface area (Å²) in [7, 11) is 6.09. The summed E-state index contributed by atoms with van der Waals surface area (Å²) < 4.78 is 4.10. The number of nitrogens with zero attached hydrogens (tertiary/aromatic N) is 4. The van der Waals surface area contributed by atoms with E-state index in [9.17, 15) is 4.79 Å². The van der Waals surface area contributed by atoms with Gasteiger partial charge in [0.2, 0.25) is 0 Å². The molecule has 0 aliphatic carbocycles. The zero-order chi connectivity index (χ0) is 24.4. The van der Waals surface area contributed by atoms with E-state index in [1.807, 2.05) is 42.2 Å². The summed E-state index contributed by atoms with van der Waals surface area (Å²) in [5.74, 6) is 0.102. The Morgan fingerprint density at radius 3 is 2.62 bits per heavy atom. The van der Waals surface area contributed by atoms with E-state index in [1.54, 1.807) is 0 Å². The van der Waals surface area contributed by atoms with Gasteiger partial charge in [0.25, 0.3) is 0 Å². The van der Waals surface area contributed by atoms with Crippen LogP contribution in [-0.2, 0) is 20.0 Å². The predicted octanol–water partition coefficient (Wildman–Crippen LogP) is 6.02. The second kappa shape index (κ2) is 10.2. The summed E-state index contributed by atoms with van der Waals surface area (Å²) in [5, 5.41) is 6.04. The van der Waals surface area contributed by atoms with Gasteiger partial charge in [0.1, 0.15) is 0 Å². The number of hydrogen-bond donors (Lipinski definition) is 0. The van der Waals surface area contributed by atoms with Gasteiger partial charge >= 0.3 is 0 Å². The summed E-state index contributed by atoms with van der Waals surface area (Å²) in [4.78, 5) is 16.0. The van der Waals surface area contributed by atoms with Gasteiger partial charge in [-0.05, 0) is 69.3 Å². The lowest BCUT2D eigenvalue weighted by molar-refractivity contribution is 0.0917. The van der Waals surface area contributed by atoms with E-state index >= 15 is 0 Å². The van der Waals surface area contributed by atoms with Crippen molar-refractivity contribution in [2.45, 2.75) is 33.2 Å². The van der Waals surface area contributed by atoms with Crippen molar-refractivity contribution in [3.8, 4) is 11.3 Å². The molecule has 0 radical (unpaired) electrons. The second-order valence-electron chi connectivity index (χ2n) is 9.36. The molecule has 0 aliphatic rings. The van der Waals surface area contributed by atoms with Gasteiger partial charge in [0, 0.05) is 65.5 Å². The predicted molar refractivity (Wildman–Crippen MR) is 141 cm³/mol. The highest BCUT2D eigenvalue weighted by atomic mass is 35.5. The molecule has 178 valence electrons. The lowest BCUT2D eigenvalue weighted by Gasteiger charge is -2.15. The van der Waals surface area contributed by atoms with Crippen LogP contribution in [0, 0.1) is 12.8 Å². The van der Waals surface area contributed by atoms with Crippen molar-refractivity contribution in [1.82, 2.24) is 19.2 Å². The van der Waals surface area contributed by atoms with E-state index in [2.05, 4.69) is 66.9 Å². The number of carbonyl (C=O) groups excluding carboxylic acids is 1. The van der Waals surface area contributed by atoms with Gasteiger partial charge in [-0.1, -0.05) is 36.7 Å². The Balaban J connectivity index is 1.75. The molecule has 0 spiro atoms. The van der Waals surface area contributed by atoms with Crippen LogP contribution < -0.4 is 0 Å². The maximum atomic E-state index is 13.8. The maximum absolute atomic E-state index is 13.8. The minimum absolute atomic E-state index is 0.0955. The Kier molecular flexibility index (Phi) is 7.24. The van der Waals surface area contributed by atoms with Crippen LogP contribution in [-0.4, -0.2) is 45.7 Å². The number of Topliss-reactive ketones (excluding diaryl/α,β-unsaturated/α-hetero) is 1. The molecule has 0 amide bonds. The first-order chi connectivity index (χ1) is 16.3. The summed E-state index contributed by atoms with van der Waals surface area (Å²) in [5.41, 5.74) is 6.34. The Labute approximate surface area is 206 Å². The zero-order valence-corrected chi connectivity index (χ0v) is 21.4. The Morgan fingerprint density at radius 1 is 1.15 bits per heavy atom. The van der Waals surface area contributed by atoms with Crippen molar-refractivity contribution in [2.75, 3.05) is 20.6 Å². The number of carbonyl (C=O) groups is 1. The molecule has 0 saturated heterocycles. The molecule has 34 heavy (non-hydrogen) atoms. The molecule has 1 unspecified atom stereocenters. The van der Waals surface area contributed by atoms with Crippen molar-refractivity contribution < 1.29 is 4.79 Å². The van der Waals surface area contributed by atoms with Gasteiger partial charge in [0.05, 0.1) is 5.69 Å². The van der Waals surface area contributed by atoms with Gasteiger partial charge < -0.3 is 9.47 Å². The molecule has 6 heteroatoms. The molecule has 5 nitrogen and oxygen atoms in total. The maximum Gasteiger partial charge on any atom is 0.168 e. The van der Waals surface area contributed by atoms with Gasteiger partial charge in [-0.25, -0.2) is 0 Å². The minimum atomic E-state index is -0.0955. The Morgan fingerprint density at radius 2 is 1.94 bits per heavy atom. The molecule has 1 atom stereocenters. The van der Waals surface area contributed by atoms with Crippen LogP contribution in [0.15, 0.2) is 54.9 Å². The summed E-state index contributed by atoms with van der Waals surface area (Å²) in [6, 6.07) is 14.3. The van der Waals surface area contributed by atoms with E-state index in [-0.39, 0.29) is 11.7 Å². The number of rotatable bonds is 9. The average Bonchev–Trinajstić information content (AvgIpc) is 3.40. The number of aryl methyl sites for hydroxylation is 2. The molecule has 2 aromatic carbocycles. The molecule has 0 aliphatic heterocycles. The standard InChI is InChI=1S/C28H33ClN4O/c1-6-20(15-22-16-23(29)9-7-19(22)2)28(34)25-18-33(14-13-31(3)4)27-17-21(8-10-24(25)27)26-11-12-30-32(26)5/h7-12,16-18,20H,6,13-15H2,1-5H3. The third-order valence-electron chi connectivity index (χ3n) is 6.69. The fraction of sp³-hybridized carbons (Fsp3) is 0.357. The van der Waals surface area contributed by atoms with Crippen LogP contribution in [0.2, 0.25) is 5.02 Å². The Bertz CT molecular complexity index is 1320. The van der Waals surface area contributed by atoms with Gasteiger partial charge in [0.15, 0.2) is 5.78 Å². The Hall–Kier alpha value is -2.89. The molecule has 0 N–H and O–H groups in total. The highest BCUT2D eigenvalue weighted by Gasteiger charge is 2.24. The van der Waals surface area contributed by atoms with E-state index in [4.69, 9.17) is 11.6 Å². The third-order valence-corrected chi connectivity index (χ3v) is 6.93. The number of benzene rings is 2. The van der Waals surface area contributed by atoms with Crippen LogP contribution in [0.3, 0.4) is 0 Å². The van der Waals surface area contributed by atoms with Crippen LogP contribution >= 0.6 is 11.6 Å². The van der Waals surface area contributed by atoms with Crippen LogP contribution in [0.5, 0.6) is 0 Å². The van der Waals surface area contributed by atoms with Gasteiger partial charge in [-0.2, -0.15) is 5.10 Å². The molecule has 0 fully saturated rings. The fourth-order valence-corrected chi connectivity index (χ4v) is 4.76. The first-order valence-corrected chi connectivity index (χ1v) is 12.2. The number of halogens is 1. The normalized spacial score (nSPS) is 12.6. The highest BCUT2D eigenvalue weighted by molar-refractivity contribution is 6.30. The largest absolute Gasteiger partial charge is 0.345 e. The number of ketones is 1. The van der Waals surface area contributed by atoms with Crippen molar-refractivity contribution >= 4 is 28.3 Å². The molecule has 2 aromatic heterocycles. The zero-order valence-electron chi connectivity index (χ0n) is 20.7. The summed E-state index contributed by atoms with van der Waals surface area (Å²) in [6.07, 6.45) is 5.34. The van der Waals surface area contributed by atoms with Gasteiger partial charge in [-0.3, -0.25) is 9.48 Å². The molecular formula is C28H33ClN4O. The smallest absolute Gasteiger partial charge is 0.168 e. The molecule has 4 rings (SSSR count). The van der Waals surface area contributed by atoms with Crippen molar-refractivity contribution in [1.29, 1.82) is 0 Å². The molecule has 0 bridgehead atoms. The van der Waals surface area contributed by atoms with Crippen LogP contribution in [0.4, 0.5) is 0 Å². The van der Waals surface area contributed by atoms with E-state index in [0.29, 0.717) is 11.4 Å². The minimum Gasteiger partial charge on any atom is -0.345 e. The number of aromatic nitrogens is 3. The lowest BCUT2D eigenvalue weighted by Crippen LogP contribution is -2.18. The van der Waals surface area contributed by atoms with Crippen molar-refractivity contribution in [2.24, 2.45) is 13.0 Å². The summed E-state index contributed by atoms with van der Waals surface area (Å²) >= 11 is 6.25. The monoisotopic (exact) mass is 476 g/mol. The first kappa shape index (κ1) is 24.2. The van der Waals surface area contributed by atoms with Crippen LogP contribution in [0.1, 0.15) is 34.8 Å². The van der Waals surface area contributed by atoms with E-state index in [1.165, 1.54) is 5.56 Å². The quantitative estimate of drug-likeness (QED) is 0.277. The molecule has 0 saturated carbocycles. The summed E-state index contributed by atoms with van der Waals surface area (Å²) in [6.45, 7) is 5.88. The van der Waals surface area contributed by atoms with Crippen molar-refractivity contribution in [3.63, 3.8) is 0 Å². The third kappa shape index (κ3) is 4.96. The SMILES string of the molecule is CCC(Cc1cc(Cl)ccc1C)C(=O)c1cn(CCN(C)C)c2cc(-c3ccnn3C)ccc12. The fourth-order valence-electron chi connectivity index (χ4n) is 4.57. The molecular weight excluding hydrogens is 444 g/mol. The van der Waals surface area contributed by atoms with E-state index in [0.717, 1.165) is 52.8 Å². The lowest BCUT2D eigenvalue weighted by atomic mass is 9.87. The first-order valence-electron chi connectivity index (χ1n) is 11.8. The van der Waals surface area contributed by atoms with Gasteiger partial charge in [-0.15, -0.1) is 0 Å². The average molecular weight is 477 g/mol.